The van der Waals surface area contributed by atoms with Crippen LogP contribution in [0.15, 0.2) is 69.1 Å². The second-order valence-corrected chi connectivity index (χ2v) is 6.75. The summed E-state index contributed by atoms with van der Waals surface area (Å²) in [6.07, 6.45) is 1.64. The number of aliphatic imine (C=N–C) groups is 1. The van der Waals surface area contributed by atoms with Gasteiger partial charge in [-0.1, -0.05) is 17.7 Å². The van der Waals surface area contributed by atoms with Crippen LogP contribution in [0.1, 0.15) is 11.1 Å². The van der Waals surface area contributed by atoms with Crippen LogP contribution >= 0.6 is 11.8 Å². The molecule has 5 heteroatoms. The number of hydrogen-bond donors (Lipinski definition) is 1. The van der Waals surface area contributed by atoms with Crippen molar-refractivity contribution in [2.24, 2.45) is 4.99 Å². The molecule has 2 aromatic carbocycles. The summed E-state index contributed by atoms with van der Waals surface area (Å²) >= 11 is 4.97. The van der Waals surface area contributed by atoms with E-state index in [2.05, 4.69) is 36.7 Å². The van der Waals surface area contributed by atoms with Crippen LogP contribution in [-0.2, 0) is 12.6 Å². The molecule has 110 valence electrons. The third-order valence-electron chi connectivity index (χ3n) is 3.17. The lowest BCUT2D eigenvalue weighted by molar-refractivity contribution is 0.616. The molecule has 0 aliphatic rings. The number of benzene rings is 2. The maximum Gasteiger partial charge on any atom is 0.284 e. The van der Waals surface area contributed by atoms with Crippen LogP contribution in [0.2, 0.25) is 0 Å². The lowest BCUT2D eigenvalue weighted by atomic mass is 10.1. The molecule has 22 heavy (non-hydrogen) atoms. The number of thioether (sulfide) groups is 1. The average molecular weight is 327 g/mol. The molecular formula is C17H15N2OS2+. The molecule has 0 atom stereocenters. The normalized spacial score (nSPS) is 11.8. The summed E-state index contributed by atoms with van der Waals surface area (Å²) in [6.45, 7) is 2.05. The number of nitrogens with one attached hydrogen (secondary N) is 1. The quantitative estimate of drug-likeness (QED) is 0.331. The van der Waals surface area contributed by atoms with Gasteiger partial charge in [0.05, 0.1) is 6.26 Å². The number of hydrogen-bond acceptors (Lipinski definition) is 3. The van der Waals surface area contributed by atoms with Crippen LogP contribution in [-0.4, -0.2) is 10.2 Å². The van der Waals surface area contributed by atoms with Crippen molar-refractivity contribution < 1.29 is 4.42 Å². The zero-order valence-corrected chi connectivity index (χ0v) is 13.8. The lowest BCUT2D eigenvalue weighted by Crippen LogP contribution is -1.98. The molecule has 0 bridgehead atoms. The van der Waals surface area contributed by atoms with Crippen LogP contribution < -0.4 is 0 Å². The van der Waals surface area contributed by atoms with Gasteiger partial charge < -0.3 is 4.42 Å². The zero-order chi connectivity index (χ0) is 15.5. The van der Waals surface area contributed by atoms with Crippen molar-refractivity contribution in [1.29, 1.82) is 5.41 Å². The number of aryl methyl sites for hydroxylation is 1. The van der Waals surface area contributed by atoms with Gasteiger partial charge in [-0.15, -0.1) is 0 Å². The van der Waals surface area contributed by atoms with Gasteiger partial charge in [-0.25, -0.2) is 0 Å². The fourth-order valence-corrected chi connectivity index (χ4v) is 3.12. The SMILES string of the molecule is Cc1ccc(SC([SH2+])=NC(=N)c2ccc3occc3c2)cc1. The Kier molecular flexibility index (Phi) is 4.36. The second-order valence-electron chi connectivity index (χ2n) is 4.85. The molecule has 3 rings (SSSR count). The third-order valence-corrected chi connectivity index (χ3v) is 4.39. The molecule has 3 aromatic rings. The molecule has 0 saturated carbocycles. The van der Waals surface area contributed by atoms with Crippen LogP contribution in [0, 0.1) is 12.3 Å². The smallest absolute Gasteiger partial charge is 0.284 e. The van der Waals surface area contributed by atoms with E-state index in [9.17, 15) is 0 Å². The monoisotopic (exact) mass is 327 g/mol. The molecule has 1 N–H and O–H groups in total. The molecule has 1 heterocycles. The predicted molar refractivity (Wildman–Crippen MR) is 97.7 cm³/mol. The molecule has 0 aliphatic carbocycles. The Morgan fingerprint density at radius 1 is 1.14 bits per heavy atom. The molecule has 3 nitrogen and oxygen atoms in total. The Hall–Kier alpha value is -1.98. The first-order valence-corrected chi connectivity index (χ1v) is 8.04. The van der Waals surface area contributed by atoms with Crippen molar-refractivity contribution in [2.45, 2.75) is 11.8 Å². The van der Waals surface area contributed by atoms with E-state index in [0.717, 1.165) is 21.4 Å². The summed E-state index contributed by atoms with van der Waals surface area (Å²) < 4.78 is 5.96. The van der Waals surface area contributed by atoms with Crippen molar-refractivity contribution in [1.82, 2.24) is 0 Å². The largest absolute Gasteiger partial charge is 0.464 e. The highest BCUT2D eigenvalue weighted by atomic mass is 32.2. The third kappa shape index (κ3) is 3.43. The molecular weight excluding hydrogens is 312 g/mol. The molecule has 0 saturated heterocycles. The van der Waals surface area contributed by atoms with Crippen LogP contribution in [0.25, 0.3) is 11.0 Å². The van der Waals surface area contributed by atoms with Crippen molar-refractivity contribution in [2.75, 3.05) is 0 Å². The highest BCUT2D eigenvalue weighted by molar-refractivity contribution is 8.27. The van der Waals surface area contributed by atoms with E-state index in [1.165, 1.54) is 17.3 Å². The minimum absolute atomic E-state index is 0.215. The van der Waals surface area contributed by atoms with E-state index >= 15 is 0 Å². The van der Waals surface area contributed by atoms with Gasteiger partial charge in [-0.3, -0.25) is 5.41 Å². The molecule has 0 aliphatic heterocycles. The highest BCUT2D eigenvalue weighted by Gasteiger charge is 2.08. The number of amidine groups is 1. The first-order chi connectivity index (χ1) is 10.6. The van der Waals surface area contributed by atoms with Gasteiger partial charge in [-0.05, 0) is 55.1 Å². The average Bonchev–Trinajstić information content (AvgIpc) is 2.97. The summed E-state index contributed by atoms with van der Waals surface area (Å²) in [6, 6.07) is 15.7. The summed E-state index contributed by atoms with van der Waals surface area (Å²) in [5.41, 5.74) is 2.79. The Bertz CT molecular complexity index is 850. The Morgan fingerprint density at radius 3 is 2.68 bits per heavy atom. The highest BCUT2D eigenvalue weighted by Crippen LogP contribution is 2.21. The molecule has 0 spiro atoms. The minimum Gasteiger partial charge on any atom is -0.464 e. The van der Waals surface area contributed by atoms with Crippen molar-refractivity contribution in [3.63, 3.8) is 0 Å². The van der Waals surface area contributed by atoms with Gasteiger partial charge in [0.1, 0.15) is 5.58 Å². The topological polar surface area (TPSA) is 49.4 Å². The Labute approximate surface area is 138 Å². The van der Waals surface area contributed by atoms with Gasteiger partial charge in [0.2, 0.25) is 0 Å². The Morgan fingerprint density at radius 2 is 1.91 bits per heavy atom. The predicted octanol–water partition coefficient (Wildman–Crippen LogP) is 4.23. The summed E-state index contributed by atoms with van der Waals surface area (Å²) in [5, 5.41) is 9.10. The number of furan rings is 1. The first-order valence-electron chi connectivity index (χ1n) is 6.73. The lowest BCUT2D eigenvalue weighted by Gasteiger charge is -2.00. The summed E-state index contributed by atoms with van der Waals surface area (Å²) in [4.78, 5) is 5.38. The van der Waals surface area contributed by atoms with Gasteiger partial charge >= 0.3 is 0 Å². The Balaban J connectivity index is 1.77. The van der Waals surface area contributed by atoms with Crippen molar-refractivity contribution in [3.8, 4) is 0 Å². The van der Waals surface area contributed by atoms with Gasteiger partial charge in [-0.2, -0.15) is 4.99 Å². The fraction of sp³-hybridized carbons (Fsp3) is 0.0588. The van der Waals surface area contributed by atoms with Gasteiger partial charge in [0, 0.05) is 28.5 Å². The van der Waals surface area contributed by atoms with E-state index < -0.39 is 0 Å². The van der Waals surface area contributed by atoms with E-state index in [-0.39, 0.29) is 5.84 Å². The van der Waals surface area contributed by atoms with Gasteiger partial charge in [0.15, 0.2) is 5.84 Å². The second kappa shape index (κ2) is 6.42. The zero-order valence-electron chi connectivity index (χ0n) is 12.0. The van der Waals surface area contributed by atoms with E-state index in [1.807, 2.05) is 36.4 Å². The molecule has 0 radical (unpaired) electrons. The molecule has 1 aromatic heterocycles. The summed E-state index contributed by atoms with van der Waals surface area (Å²) in [7, 11) is 0. The minimum atomic E-state index is 0.215. The van der Waals surface area contributed by atoms with Crippen molar-refractivity contribution in [3.05, 3.63) is 65.9 Å². The number of rotatable bonds is 2. The molecule has 0 fully saturated rings. The molecule has 0 unspecified atom stereocenters. The van der Waals surface area contributed by atoms with Gasteiger partial charge in [0.25, 0.3) is 4.38 Å². The van der Waals surface area contributed by atoms with E-state index in [1.54, 1.807) is 6.26 Å². The molecule has 0 amide bonds. The maximum atomic E-state index is 8.13. The fourth-order valence-electron chi connectivity index (χ4n) is 2.02. The summed E-state index contributed by atoms with van der Waals surface area (Å²) in [5.74, 6) is 0.215. The van der Waals surface area contributed by atoms with Crippen LogP contribution in [0.5, 0.6) is 0 Å². The maximum absolute atomic E-state index is 8.13. The van der Waals surface area contributed by atoms with Crippen LogP contribution in [0.4, 0.5) is 0 Å². The van der Waals surface area contributed by atoms with Crippen molar-refractivity contribution >= 4 is 45.6 Å². The van der Waals surface area contributed by atoms with E-state index in [4.69, 9.17) is 9.83 Å². The van der Waals surface area contributed by atoms with E-state index in [0.29, 0.717) is 4.38 Å². The standard InChI is InChI=1S/C17H14N2OS2/c1-11-2-5-14(6-3-11)22-17(21)19-16(18)13-4-7-15-12(10-13)8-9-20-15/h2-10H,1H3,(H2,18,19,21)/p+1. The first kappa shape index (κ1) is 14.9. The van der Waals surface area contributed by atoms with Crippen LogP contribution in [0.3, 0.4) is 0 Å². The number of nitrogens with zero attached hydrogens (tertiary/aromatic N) is 1. The number of fused-ring (bicyclic) bond motifs is 1.